The SMILES string of the molecule is O=C(Cn1cnnn1)N[C@H]1C(=O)N2C(C(=O)O)=C(CSc3n[nH]c(=O)s3)CS[C@H]12. The van der Waals surface area contributed by atoms with Gasteiger partial charge in [0.1, 0.15) is 30.0 Å². The summed E-state index contributed by atoms with van der Waals surface area (Å²) in [7, 11) is 0. The van der Waals surface area contributed by atoms with Gasteiger partial charge in [-0.2, -0.15) is 5.10 Å². The number of β-lactam (4-membered cyclic amide) rings is 1. The molecule has 13 nitrogen and oxygen atoms in total. The topological polar surface area (TPSA) is 176 Å². The van der Waals surface area contributed by atoms with Crippen LogP contribution < -0.4 is 10.2 Å². The number of hydrogen-bond acceptors (Lipinski definition) is 11. The lowest BCUT2D eigenvalue weighted by Crippen LogP contribution is -2.70. The number of fused-ring (bicyclic) bond motifs is 1. The summed E-state index contributed by atoms with van der Waals surface area (Å²) in [6, 6.07) is -0.816. The van der Waals surface area contributed by atoms with Crippen LogP contribution in [0.1, 0.15) is 0 Å². The fourth-order valence-electron chi connectivity index (χ4n) is 2.84. The van der Waals surface area contributed by atoms with Crippen LogP contribution in [0, 0.1) is 0 Å². The number of tetrazole rings is 1. The van der Waals surface area contributed by atoms with Gasteiger partial charge in [-0.15, -0.1) is 16.9 Å². The van der Waals surface area contributed by atoms with E-state index in [9.17, 15) is 24.3 Å². The highest BCUT2D eigenvalue weighted by molar-refractivity contribution is 8.01. The number of amides is 2. The Bertz CT molecular complexity index is 1050. The van der Waals surface area contributed by atoms with Crippen molar-refractivity contribution >= 4 is 52.6 Å². The molecular formula is C13H12N8O5S3. The number of hydrogen-bond donors (Lipinski definition) is 3. The molecule has 0 spiro atoms. The summed E-state index contributed by atoms with van der Waals surface area (Å²) in [4.78, 5) is 48.5. The first-order valence-electron chi connectivity index (χ1n) is 8.02. The molecule has 2 amide bonds. The predicted molar refractivity (Wildman–Crippen MR) is 101 cm³/mol. The third kappa shape index (κ3) is 3.90. The fourth-order valence-corrected chi connectivity index (χ4v) is 5.94. The smallest absolute Gasteiger partial charge is 0.352 e. The second kappa shape index (κ2) is 7.96. The standard InChI is InChI=1S/C13H12N8O5S3/c22-6(1-20-4-14-18-19-20)15-7-9(23)21-8(11(24)25)5(2-27-10(7)21)3-28-13-17-16-12(26)29-13/h4,7,10H,1-3H2,(H,15,22)(H,16,26)(H,24,25)/t7-,10+/m0/s1. The number of carbonyl (C=O) groups excluding carboxylic acids is 2. The van der Waals surface area contributed by atoms with Crippen molar-refractivity contribution in [2.75, 3.05) is 11.5 Å². The van der Waals surface area contributed by atoms with E-state index in [4.69, 9.17) is 0 Å². The highest BCUT2D eigenvalue weighted by atomic mass is 32.2. The minimum Gasteiger partial charge on any atom is -0.477 e. The van der Waals surface area contributed by atoms with Crippen molar-refractivity contribution in [1.29, 1.82) is 0 Å². The molecule has 0 saturated carbocycles. The van der Waals surface area contributed by atoms with E-state index in [0.29, 0.717) is 15.7 Å². The van der Waals surface area contributed by atoms with Gasteiger partial charge in [-0.3, -0.25) is 19.3 Å². The van der Waals surface area contributed by atoms with Gasteiger partial charge in [-0.05, 0) is 27.3 Å². The molecule has 2 aliphatic heterocycles. The molecule has 1 fully saturated rings. The number of aromatic amines is 1. The summed E-state index contributed by atoms with van der Waals surface area (Å²) in [5, 5.41) is 28.3. The van der Waals surface area contributed by atoms with E-state index in [0.717, 1.165) is 11.3 Å². The maximum absolute atomic E-state index is 12.6. The van der Waals surface area contributed by atoms with Crippen molar-refractivity contribution in [1.82, 2.24) is 40.6 Å². The lowest BCUT2D eigenvalue weighted by Gasteiger charge is -2.49. The lowest BCUT2D eigenvalue weighted by atomic mass is 10.0. The van der Waals surface area contributed by atoms with Crippen LogP contribution in [-0.4, -0.2) is 81.1 Å². The lowest BCUT2D eigenvalue weighted by molar-refractivity contribution is -0.150. The summed E-state index contributed by atoms with van der Waals surface area (Å²) in [5.74, 6) is -1.50. The number of aliphatic carboxylic acids is 1. The molecular weight excluding hydrogens is 444 g/mol. The second-order valence-electron chi connectivity index (χ2n) is 5.89. The number of H-pyrrole nitrogens is 1. The molecule has 2 aromatic heterocycles. The van der Waals surface area contributed by atoms with Crippen molar-refractivity contribution < 1.29 is 19.5 Å². The summed E-state index contributed by atoms with van der Waals surface area (Å²) < 4.78 is 1.70. The number of aromatic nitrogens is 6. The first kappa shape index (κ1) is 19.6. The van der Waals surface area contributed by atoms with Crippen LogP contribution in [0.5, 0.6) is 0 Å². The largest absolute Gasteiger partial charge is 0.477 e. The van der Waals surface area contributed by atoms with E-state index in [1.807, 2.05) is 0 Å². The van der Waals surface area contributed by atoms with Gasteiger partial charge in [0, 0.05) is 11.5 Å². The Balaban J connectivity index is 1.44. The number of thioether (sulfide) groups is 2. The highest BCUT2D eigenvalue weighted by Gasteiger charge is 2.54. The molecule has 0 unspecified atom stereocenters. The number of carbonyl (C=O) groups is 3. The van der Waals surface area contributed by atoms with Gasteiger partial charge in [0.05, 0.1) is 0 Å². The van der Waals surface area contributed by atoms with Crippen molar-refractivity contribution in [2.45, 2.75) is 22.3 Å². The van der Waals surface area contributed by atoms with Crippen LogP contribution in [-0.2, 0) is 20.9 Å². The second-order valence-corrected chi connectivity index (χ2v) is 9.18. The van der Waals surface area contributed by atoms with Crippen LogP contribution in [0.3, 0.4) is 0 Å². The van der Waals surface area contributed by atoms with E-state index in [1.165, 1.54) is 39.4 Å². The first-order chi connectivity index (χ1) is 13.9. The average Bonchev–Trinajstić information content (AvgIpc) is 3.35. The number of carboxylic acid groups (broad SMARTS) is 1. The maximum Gasteiger partial charge on any atom is 0.352 e. The minimum atomic E-state index is -1.21. The normalized spacial score (nSPS) is 21.0. The van der Waals surface area contributed by atoms with Crippen LogP contribution in [0.15, 0.2) is 26.7 Å². The van der Waals surface area contributed by atoms with Gasteiger partial charge in [0.15, 0.2) is 4.34 Å². The zero-order chi connectivity index (χ0) is 20.5. The Morgan fingerprint density at radius 3 is 2.90 bits per heavy atom. The zero-order valence-corrected chi connectivity index (χ0v) is 16.8. The number of carboxylic acids is 1. The van der Waals surface area contributed by atoms with Gasteiger partial charge in [-0.1, -0.05) is 11.8 Å². The summed E-state index contributed by atoms with van der Waals surface area (Å²) >= 11 is 3.52. The van der Waals surface area contributed by atoms with Crippen LogP contribution in [0.2, 0.25) is 0 Å². The molecule has 2 atom stereocenters. The summed E-state index contributed by atoms with van der Waals surface area (Å²) in [5.41, 5.74) is 0.471. The van der Waals surface area contributed by atoms with E-state index in [2.05, 4.69) is 31.0 Å². The Morgan fingerprint density at radius 2 is 2.24 bits per heavy atom. The van der Waals surface area contributed by atoms with Crippen molar-refractivity contribution in [3.8, 4) is 0 Å². The zero-order valence-electron chi connectivity index (χ0n) is 14.3. The van der Waals surface area contributed by atoms with Crippen molar-refractivity contribution in [2.24, 2.45) is 0 Å². The monoisotopic (exact) mass is 456 g/mol. The van der Waals surface area contributed by atoms with Crippen molar-refractivity contribution in [3.05, 3.63) is 27.3 Å². The number of rotatable bonds is 7. The maximum atomic E-state index is 12.6. The Morgan fingerprint density at radius 1 is 1.41 bits per heavy atom. The minimum absolute atomic E-state index is 0.0832. The first-order valence-corrected chi connectivity index (χ1v) is 10.9. The molecule has 2 aliphatic rings. The molecule has 2 aromatic rings. The van der Waals surface area contributed by atoms with E-state index in [-0.39, 0.29) is 22.9 Å². The van der Waals surface area contributed by atoms with Gasteiger partial charge in [0.2, 0.25) is 5.91 Å². The van der Waals surface area contributed by atoms with Crippen LogP contribution in [0.4, 0.5) is 0 Å². The molecule has 0 aliphatic carbocycles. The molecule has 4 rings (SSSR count). The van der Waals surface area contributed by atoms with Gasteiger partial charge in [0.25, 0.3) is 5.91 Å². The van der Waals surface area contributed by atoms with Crippen molar-refractivity contribution in [3.63, 3.8) is 0 Å². The Kier molecular flexibility index (Phi) is 5.37. The molecule has 29 heavy (non-hydrogen) atoms. The third-order valence-electron chi connectivity index (χ3n) is 4.05. The molecule has 16 heteroatoms. The van der Waals surface area contributed by atoms with Crippen LogP contribution >= 0.6 is 34.9 Å². The molecule has 152 valence electrons. The van der Waals surface area contributed by atoms with Gasteiger partial charge < -0.3 is 10.4 Å². The Labute approximate surface area is 173 Å². The Hall–Kier alpha value is -2.72. The van der Waals surface area contributed by atoms with Gasteiger partial charge >= 0.3 is 10.8 Å². The predicted octanol–water partition coefficient (Wildman–Crippen LogP) is -1.65. The molecule has 0 aromatic carbocycles. The van der Waals surface area contributed by atoms with Crippen LogP contribution in [0.25, 0.3) is 0 Å². The van der Waals surface area contributed by atoms with E-state index >= 15 is 0 Å². The van der Waals surface area contributed by atoms with E-state index < -0.39 is 29.2 Å². The van der Waals surface area contributed by atoms with Gasteiger partial charge in [-0.25, -0.2) is 14.6 Å². The fraction of sp³-hybridized carbons (Fsp3) is 0.385. The molecule has 0 radical (unpaired) electrons. The number of nitrogens with zero attached hydrogens (tertiary/aromatic N) is 6. The quantitative estimate of drug-likeness (QED) is 0.321. The summed E-state index contributed by atoms with van der Waals surface area (Å²) in [6.07, 6.45) is 1.27. The summed E-state index contributed by atoms with van der Waals surface area (Å²) in [6.45, 7) is -0.149. The third-order valence-corrected chi connectivity index (χ3v) is 7.37. The molecule has 4 heterocycles. The number of nitrogens with one attached hydrogen (secondary N) is 2. The average molecular weight is 456 g/mol. The van der Waals surface area contributed by atoms with E-state index in [1.54, 1.807) is 0 Å². The highest BCUT2D eigenvalue weighted by Crippen LogP contribution is 2.41. The molecule has 1 saturated heterocycles. The molecule has 0 bridgehead atoms. The molecule has 3 N–H and O–H groups in total.